The number of halogens is 2. The standard InChI is InChI=1S/C24H25F2N7O2S/c1-2-9-36(34,35)14-16-3-4-19(25)23(21(16)26)33-13-18(17-10-28-15-29-11-17)22-20(33)12-30-24(31-22)32-7-5-27-6-8-32/h3-4,10-13,15,27H,2,5-9,14H2,1H3. The summed E-state index contributed by atoms with van der Waals surface area (Å²) in [4.78, 5) is 19.4. The van der Waals surface area contributed by atoms with Crippen LogP contribution in [0.1, 0.15) is 18.9 Å². The highest BCUT2D eigenvalue weighted by Gasteiger charge is 2.24. The van der Waals surface area contributed by atoms with Crippen LogP contribution < -0.4 is 10.2 Å². The van der Waals surface area contributed by atoms with E-state index in [0.717, 1.165) is 32.2 Å². The Morgan fingerprint density at radius 2 is 1.83 bits per heavy atom. The van der Waals surface area contributed by atoms with Gasteiger partial charge in [-0.25, -0.2) is 37.1 Å². The van der Waals surface area contributed by atoms with Gasteiger partial charge in [0.25, 0.3) is 0 Å². The maximum absolute atomic E-state index is 15.7. The van der Waals surface area contributed by atoms with Gasteiger partial charge in [-0.15, -0.1) is 0 Å². The molecule has 1 aliphatic rings. The van der Waals surface area contributed by atoms with Crippen LogP contribution >= 0.6 is 0 Å². The Kier molecular flexibility index (Phi) is 6.63. The minimum atomic E-state index is -3.54. The normalized spacial score (nSPS) is 14.5. The fourth-order valence-electron chi connectivity index (χ4n) is 4.39. The van der Waals surface area contributed by atoms with Crippen LogP contribution in [-0.4, -0.2) is 64.9 Å². The number of anilines is 1. The highest BCUT2D eigenvalue weighted by molar-refractivity contribution is 7.90. The third kappa shape index (κ3) is 4.65. The average molecular weight is 514 g/mol. The van der Waals surface area contributed by atoms with Crippen molar-refractivity contribution >= 4 is 26.8 Å². The first kappa shape index (κ1) is 24.2. The van der Waals surface area contributed by atoms with E-state index < -0.39 is 27.2 Å². The fourth-order valence-corrected chi connectivity index (χ4v) is 5.85. The SMILES string of the molecule is CCCS(=O)(=O)Cc1ccc(F)c(-n2cc(-c3cncnc3)c3nc(N4CCNCC4)ncc32)c1F. The Morgan fingerprint density at radius 1 is 1.08 bits per heavy atom. The minimum Gasteiger partial charge on any atom is -0.338 e. The van der Waals surface area contributed by atoms with Crippen molar-refractivity contribution in [3.05, 3.63) is 60.4 Å². The van der Waals surface area contributed by atoms with Crippen LogP contribution in [0.5, 0.6) is 0 Å². The highest BCUT2D eigenvalue weighted by atomic mass is 32.2. The molecular formula is C24H25F2N7O2S. The van der Waals surface area contributed by atoms with E-state index in [1.807, 2.05) is 4.90 Å². The number of rotatable bonds is 7. The Balaban J connectivity index is 1.69. The molecule has 188 valence electrons. The van der Waals surface area contributed by atoms with Crippen molar-refractivity contribution in [3.63, 3.8) is 0 Å². The van der Waals surface area contributed by atoms with E-state index in [2.05, 4.69) is 20.3 Å². The number of nitrogens with zero attached hydrogens (tertiary/aromatic N) is 6. The minimum absolute atomic E-state index is 0.0770. The van der Waals surface area contributed by atoms with E-state index in [1.54, 1.807) is 25.5 Å². The van der Waals surface area contributed by atoms with Gasteiger partial charge in [-0.1, -0.05) is 13.0 Å². The Bertz CT molecular complexity index is 1500. The molecule has 0 saturated carbocycles. The number of hydrogen-bond acceptors (Lipinski definition) is 8. The number of hydrogen-bond donors (Lipinski definition) is 1. The van der Waals surface area contributed by atoms with Crippen molar-refractivity contribution in [2.24, 2.45) is 0 Å². The van der Waals surface area contributed by atoms with E-state index in [1.165, 1.54) is 23.2 Å². The summed E-state index contributed by atoms with van der Waals surface area (Å²) in [5.41, 5.74) is 1.58. The Hall–Kier alpha value is -3.51. The van der Waals surface area contributed by atoms with E-state index in [0.29, 0.717) is 34.5 Å². The third-order valence-electron chi connectivity index (χ3n) is 6.08. The van der Waals surface area contributed by atoms with E-state index in [9.17, 15) is 8.42 Å². The molecule has 0 bridgehead atoms. The maximum atomic E-state index is 15.7. The van der Waals surface area contributed by atoms with Gasteiger partial charge in [0, 0.05) is 61.5 Å². The van der Waals surface area contributed by atoms with Crippen LogP contribution in [0.2, 0.25) is 0 Å². The van der Waals surface area contributed by atoms with Gasteiger partial charge in [-0.2, -0.15) is 0 Å². The first-order valence-corrected chi connectivity index (χ1v) is 13.5. The molecular weight excluding hydrogens is 488 g/mol. The van der Waals surface area contributed by atoms with Crippen molar-refractivity contribution in [1.29, 1.82) is 0 Å². The van der Waals surface area contributed by atoms with Gasteiger partial charge in [0.2, 0.25) is 5.95 Å². The van der Waals surface area contributed by atoms with Crippen molar-refractivity contribution in [1.82, 2.24) is 29.8 Å². The second-order valence-electron chi connectivity index (χ2n) is 8.64. The molecule has 9 nitrogen and oxygen atoms in total. The average Bonchev–Trinajstić information content (AvgIpc) is 3.25. The number of nitrogens with one attached hydrogen (secondary N) is 1. The molecule has 4 heterocycles. The van der Waals surface area contributed by atoms with Gasteiger partial charge in [0.15, 0.2) is 15.7 Å². The van der Waals surface area contributed by atoms with Gasteiger partial charge in [0.05, 0.1) is 23.2 Å². The zero-order valence-corrected chi connectivity index (χ0v) is 20.5. The lowest BCUT2D eigenvalue weighted by Gasteiger charge is -2.27. The Morgan fingerprint density at radius 3 is 2.56 bits per heavy atom. The summed E-state index contributed by atoms with van der Waals surface area (Å²) in [5, 5.41) is 3.28. The summed E-state index contributed by atoms with van der Waals surface area (Å²) in [5.74, 6) is -1.84. The van der Waals surface area contributed by atoms with Gasteiger partial charge >= 0.3 is 0 Å². The second kappa shape index (κ2) is 9.86. The molecule has 0 atom stereocenters. The van der Waals surface area contributed by atoms with Crippen LogP contribution in [-0.2, 0) is 15.6 Å². The summed E-state index contributed by atoms with van der Waals surface area (Å²) < 4.78 is 56.9. The molecule has 3 aromatic heterocycles. The summed E-state index contributed by atoms with van der Waals surface area (Å²) >= 11 is 0. The van der Waals surface area contributed by atoms with Crippen molar-refractivity contribution in [3.8, 4) is 16.8 Å². The summed E-state index contributed by atoms with van der Waals surface area (Å²) in [6.45, 7) is 4.79. The third-order valence-corrected chi connectivity index (χ3v) is 7.86. The van der Waals surface area contributed by atoms with Crippen LogP contribution in [0.25, 0.3) is 27.8 Å². The highest BCUT2D eigenvalue weighted by Crippen LogP contribution is 2.34. The van der Waals surface area contributed by atoms with E-state index in [-0.39, 0.29) is 17.0 Å². The predicted octanol–water partition coefficient (Wildman–Crippen LogP) is 2.89. The number of benzene rings is 1. The maximum Gasteiger partial charge on any atom is 0.226 e. The lowest BCUT2D eigenvalue weighted by atomic mass is 10.1. The molecule has 5 rings (SSSR count). The molecule has 12 heteroatoms. The second-order valence-corrected chi connectivity index (χ2v) is 10.8. The smallest absolute Gasteiger partial charge is 0.226 e. The molecule has 0 amide bonds. The molecule has 1 aromatic carbocycles. The lowest BCUT2D eigenvalue weighted by Crippen LogP contribution is -2.44. The number of fused-ring (bicyclic) bond motifs is 1. The first-order valence-electron chi connectivity index (χ1n) is 11.6. The quantitative estimate of drug-likeness (QED) is 0.402. The van der Waals surface area contributed by atoms with Crippen molar-refractivity contribution in [2.75, 3.05) is 36.8 Å². The molecule has 1 N–H and O–H groups in total. The fraction of sp³-hybridized carbons (Fsp3) is 0.333. The van der Waals surface area contributed by atoms with Crippen molar-refractivity contribution in [2.45, 2.75) is 19.1 Å². The largest absolute Gasteiger partial charge is 0.338 e. The molecule has 0 unspecified atom stereocenters. The van der Waals surface area contributed by atoms with Gasteiger partial charge in [0.1, 0.15) is 23.3 Å². The molecule has 0 spiro atoms. The summed E-state index contributed by atoms with van der Waals surface area (Å²) in [6.07, 6.45) is 8.09. The lowest BCUT2D eigenvalue weighted by molar-refractivity contribution is 0.560. The van der Waals surface area contributed by atoms with Gasteiger partial charge in [-0.3, -0.25) is 0 Å². The van der Waals surface area contributed by atoms with E-state index >= 15 is 8.78 Å². The molecule has 1 aliphatic heterocycles. The number of sulfone groups is 1. The topological polar surface area (TPSA) is 106 Å². The molecule has 0 radical (unpaired) electrons. The van der Waals surface area contributed by atoms with Crippen LogP contribution in [0.4, 0.5) is 14.7 Å². The zero-order valence-electron chi connectivity index (χ0n) is 19.7. The molecule has 4 aromatic rings. The predicted molar refractivity (Wildman–Crippen MR) is 133 cm³/mol. The molecule has 36 heavy (non-hydrogen) atoms. The van der Waals surface area contributed by atoms with Crippen molar-refractivity contribution < 1.29 is 17.2 Å². The van der Waals surface area contributed by atoms with Crippen LogP contribution in [0.3, 0.4) is 0 Å². The number of aromatic nitrogens is 5. The summed E-state index contributed by atoms with van der Waals surface area (Å²) in [7, 11) is -3.54. The molecule has 1 fully saturated rings. The monoisotopic (exact) mass is 513 g/mol. The zero-order chi connectivity index (χ0) is 25.3. The van der Waals surface area contributed by atoms with Gasteiger partial charge < -0.3 is 14.8 Å². The first-order chi connectivity index (χ1) is 17.4. The van der Waals surface area contributed by atoms with Crippen LogP contribution in [0.15, 0.2) is 43.2 Å². The van der Waals surface area contributed by atoms with Crippen LogP contribution in [0, 0.1) is 11.6 Å². The molecule has 1 saturated heterocycles. The number of piperazine rings is 1. The Labute approximate surface area is 207 Å². The van der Waals surface area contributed by atoms with E-state index in [4.69, 9.17) is 4.98 Å². The molecule has 0 aliphatic carbocycles. The summed E-state index contributed by atoms with van der Waals surface area (Å²) in [6, 6.07) is 2.26. The van der Waals surface area contributed by atoms with Gasteiger partial charge in [-0.05, 0) is 12.5 Å².